The molecule has 0 saturated heterocycles. The van der Waals surface area contributed by atoms with Gasteiger partial charge < -0.3 is 15.4 Å². The topological polar surface area (TPSA) is 50.4 Å². The SMILES string of the molecule is Cc1cccc(C)c1CNCC(C)NC(=O)OC(C)(C)C. The molecule has 0 aliphatic rings. The number of alkyl carbamates (subject to hydrolysis) is 1. The van der Waals surface area contributed by atoms with Crippen LogP contribution in [0, 0.1) is 13.8 Å². The van der Waals surface area contributed by atoms with Crippen LogP contribution in [0.25, 0.3) is 0 Å². The fraction of sp³-hybridized carbons (Fsp3) is 0.588. The molecule has 0 spiro atoms. The van der Waals surface area contributed by atoms with E-state index < -0.39 is 5.60 Å². The molecule has 0 aliphatic carbocycles. The van der Waals surface area contributed by atoms with E-state index in [1.165, 1.54) is 16.7 Å². The highest BCUT2D eigenvalue weighted by Crippen LogP contribution is 2.12. The Morgan fingerprint density at radius 3 is 2.33 bits per heavy atom. The van der Waals surface area contributed by atoms with E-state index >= 15 is 0 Å². The number of hydrogen-bond donors (Lipinski definition) is 2. The molecule has 1 rings (SSSR count). The van der Waals surface area contributed by atoms with Crippen LogP contribution in [-0.2, 0) is 11.3 Å². The molecule has 0 aromatic heterocycles. The molecule has 4 nitrogen and oxygen atoms in total. The molecule has 21 heavy (non-hydrogen) atoms. The van der Waals surface area contributed by atoms with Gasteiger partial charge in [0.2, 0.25) is 0 Å². The Balaban J connectivity index is 2.37. The average Bonchev–Trinajstić information content (AvgIpc) is 2.30. The van der Waals surface area contributed by atoms with Gasteiger partial charge in [-0.15, -0.1) is 0 Å². The minimum absolute atomic E-state index is 0.0178. The van der Waals surface area contributed by atoms with Crippen LogP contribution >= 0.6 is 0 Å². The Labute approximate surface area is 128 Å². The molecule has 4 heteroatoms. The van der Waals surface area contributed by atoms with Gasteiger partial charge in [-0.2, -0.15) is 0 Å². The summed E-state index contributed by atoms with van der Waals surface area (Å²) in [5.74, 6) is 0. The summed E-state index contributed by atoms with van der Waals surface area (Å²) in [5.41, 5.74) is 3.43. The van der Waals surface area contributed by atoms with Crippen LogP contribution in [0.5, 0.6) is 0 Å². The molecular weight excluding hydrogens is 264 g/mol. The normalized spacial score (nSPS) is 12.9. The molecule has 1 aromatic rings. The van der Waals surface area contributed by atoms with E-state index in [1.807, 2.05) is 27.7 Å². The van der Waals surface area contributed by atoms with Crippen molar-refractivity contribution in [3.8, 4) is 0 Å². The minimum Gasteiger partial charge on any atom is -0.444 e. The van der Waals surface area contributed by atoms with Crippen molar-refractivity contribution in [3.05, 3.63) is 34.9 Å². The lowest BCUT2D eigenvalue weighted by Gasteiger charge is -2.22. The van der Waals surface area contributed by atoms with Gasteiger partial charge in [-0.25, -0.2) is 4.79 Å². The molecule has 1 aromatic carbocycles. The first kappa shape index (κ1) is 17.5. The maximum atomic E-state index is 11.6. The molecule has 1 unspecified atom stereocenters. The summed E-state index contributed by atoms with van der Waals surface area (Å²) in [7, 11) is 0. The van der Waals surface area contributed by atoms with E-state index in [2.05, 4.69) is 42.7 Å². The van der Waals surface area contributed by atoms with Crippen molar-refractivity contribution in [1.82, 2.24) is 10.6 Å². The zero-order chi connectivity index (χ0) is 16.0. The average molecular weight is 292 g/mol. The van der Waals surface area contributed by atoms with E-state index in [0.717, 1.165) is 6.54 Å². The number of amides is 1. The van der Waals surface area contributed by atoms with Crippen molar-refractivity contribution in [2.45, 2.75) is 59.7 Å². The Morgan fingerprint density at radius 2 is 1.81 bits per heavy atom. The van der Waals surface area contributed by atoms with Crippen LogP contribution in [0.1, 0.15) is 44.4 Å². The van der Waals surface area contributed by atoms with Crippen LogP contribution in [0.2, 0.25) is 0 Å². The lowest BCUT2D eigenvalue weighted by molar-refractivity contribution is 0.0508. The fourth-order valence-electron chi connectivity index (χ4n) is 2.10. The van der Waals surface area contributed by atoms with Crippen LogP contribution in [0.4, 0.5) is 4.79 Å². The van der Waals surface area contributed by atoms with Gasteiger partial charge in [0.15, 0.2) is 0 Å². The number of benzene rings is 1. The summed E-state index contributed by atoms with van der Waals surface area (Å²) in [5, 5.41) is 6.21. The van der Waals surface area contributed by atoms with Gasteiger partial charge in [0.05, 0.1) is 0 Å². The summed E-state index contributed by atoms with van der Waals surface area (Å²) in [6.45, 7) is 13.3. The van der Waals surface area contributed by atoms with Crippen LogP contribution in [0.3, 0.4) is 0 Å². The lowest BCUT2D eigenvalue weighted by Crippen LogP contribution is -2.42. The third-order valence-corrected chi connectivity index (χ3v) is 3.16. The standard InChI is InChI=1S/C17H28N2O2/c1-12-8-7-9-13(2)15(12)11-18-10-14(3)19-16(20)21-17(4,5)6/h7-9,14,18H,10-11H2,1-6H3,(H,19,20). The molecule has 2 N–H and O–H groups in total. The van der Waals surface area contributed by atoms with E-state index in [1.54, 1.807) is 0 Å². The van der Waals surface area contributed by atoms with Gasteiger partial charge in [0.1, 0.15) is 5.60 Å². The first-order valence-corrected chi connectivity index (χ1v) is 7.44. The van der Waals surface area contributed by atoms with E-state index in [-0.39, 0.29) is 12.1 Å². The second kappa shape index (κ2) is 7.46. The van der Waals surface area contributed by atoms with E-state index in [4.69, 9.17) is 4.74 Å². The summed E-state index contributed by atoms with van der Waals surface area (Å²) < 4.78 is 5.23. The zero-order valence-electron chi connectivity index (χ0n) is 14.0. The lowest BCUT2D eigenvalue weighted by atomic mass is 10.0. The molecule has 0 bridgehead atoms. The number of hydrogen-bond acceptors (Lipinski definition) is 3. The third kappa shape index (κ3) is 6.63. The zero-order valence-corrected chi connectivity index (χ0v) is 14.0. The highest BCUT2D eigenvalue weighted by atomic mass is 16.6. The smallest absolute Gasteiger partial charge is 0.407 e. The predicted octanol–water partition coefficient (Wildman–Crippen LogP) is 3.31. The summed E-state index contributed by atoms with van der Waals surface area (Å²) in [6, 6.07) is 6.32. The molecule has 1 atom stereocenters. The Bertz CT molecular complexity index is 458. The Kier molecular flexibility index (Phi) is 6.21. The molecule has 0 heterocycles. The van der Waals surface area contributed by atoms with Crippen molar-refractivity contribution in [1.29, 1.82) is 0 Å². The maximum Gasteiger partial charge on any atom is 0.407 e. The maximum absolute atomic E-state index is 11.6. The molecule has 0 radical (unpaired) electrons. The molecule has 1 amide bonds. The molecule has 0 fully saturated rings. The summed E-state index contributed by atoms with van der Waals surface area (Å²) >= 11 is 0. The van der Waals surface area contributed by atoms with Crippen molar-refractivity contribution in [3.63, 3.8) is 0 Å². The largest absolute Gasteiger partial charge is 0.444 e. The molecule has 0 aliphatic heterocycles. The van der Waals surface area contributed by atoms with Crippen LogP contribution < -0.4 is 10.6 Å². The van der Waals surface area contributed by atoms with E-state index in [9.17, 15) is 4.79 Å². The Hall–Kier alpha value is -1.55. The second-order valence-corrected chi connectivity index (χ2v) is 6.55. The van der Waals surface area contributed by atoms with Crippen LogP contribution in [0.15, 0.2) is 18.2 Å². The van der Waals surface area contributed by atoms with Gasteiger partial charge in [0, 0.05) is 19.1 Å². The van der Waals surface area contributed by atoms with Crippen molar-refractivity contribution < 1.29 is 9.53 Å². The highest BCUT2D eigenvalue weighted by molar-refractivity contribution is 5.68. The summed E-state index contributed by atoms with van der Waals surface area (Å²) in [4.78, 5) is 11.6. The van der Waals surface area contributed by atoms with Crippen molar-refractivity contribution >= 4 is 6.09 Å². The first-order chi connectivity index (χ1) is 9.69. The molecule has 0 saturated carbocycles. The molecular formula is C17H28N2O2. The Morgan fingerprint density at radius 1 is 1.24 bits per heavy atom. The predicted molar refractivity (Wildman–Crippen MR) is 86.5 cm³/mol. The van der Waals surface area contributed by atoms with Gasteiger partial charge in [-0.1, -0.05) is 18.2 Å². The van der Waals surface area contributed by atoms with Crippen molar-refractivity contribution in [2.75, 3.05) is 6.54 Å². The quantitative estimate of drug-likeness (QED) is 0.875. The first-order valence-electron chi connectivity index (χ1n) is 7.44. The number of carbonyl (C=O) groups excluding carboxylic acids is 1. The van der Waals surface area contributed by atoms with Gasteiger partial charge >= 0.3 is 6.09 Å². The number of ether oxygens (including phenoxy) is 1. The minimum atomic E-state index is -0.463. The summed E-state index contributed by atoms with van der Waals surface area (Å²) in [6.07, 6.45) is -0.371. The molecule has 118 valence electrons. The number of rotatable bonds is 5. The van der Waals surface area contributed by atoms with Crippen molar-refractivity contribution in [2.24, 2.45) is 0 Å². The number of aryl methyl sites for hydroxylation is 2. The monoisotopic (exact) mass is 292 g/mol. The van der Waals surface area contributed by atoms with E-state index in [0.29, 0.717) is 6.54 Å². The second-order valence-electron chi connectivity index (χ2n) is 6.55. The number of nitrogens with one attached hydrogen (secondary N) is 2. The highest BCUT2D eigenvalue weighted by Gasteiger charge is 2.17. The van der Waals surface area contributed by atoms with Gasteiger partial charge in [0.25, 0.3) is 0 Å². The van der Waals surface area contributed by atoms with Gasteiger partial charge in [-0.05, 0) is 58.2 Å². The van der Waals surface area contributed by atoms with Gasteiger partial charge in [-0.3, -0.25) is 0 Å². The number of carbonyl (C=O) groups is 1. The fourth-order valence-corrected chi connectivity index (χ4v) is 2.10. The van der Waals surface area contributed by atoms with Crippen LogP contribution in [-0.4, -0.2) is 24.3 Å². The third-order valence-electron chi connectivity index (χ3n) is 3.16.